The van der Waals surface area contributed by atoms with E-state index in [4.69, 9.17) is 5.41 Å². The first-order valence-electron chi connectivity index (χ1n) is 7.93. The molecule has 0 aromatic heterocycles. The van der Waals surface area contributed by atoms with Crippen molar-refractivity contribution in [2.75, 3.05) is 20.1 Å². The van der Waals surface area contributed by atoms with E-state index in [2.05, 4.69) is 39.0 Å². The molecular formula is C19H16BrN5. The molecule has 25 heavy (non-hydrogen) atoms. The van der Waals surface area contributed by atoms with Crippen LogP contribution in [0.15, 0.2) is 40.4 Å². The smallest absolute Gasteiger partial charge is 0.189 e. The second-order valence-corrected chi connectivity index (χ2v) is 7.48. The first-order chi connectivity index (χ1) is 12.0. The quantitative estimate of drug-likeness (QED) is 0.740. The second-order valence-electron chi connectivity index (χ2n) is 6.57. The highest BCUT2D eigenvalue weighted by atomic mass is 79.9. The van der Waals surface area contributed by atoms with E-state index in [0.717, 1.165) is 15.6 Å². The van der Waals surface area contributed by atoms with Crippen LogP contribution in [0.2, 0.25) is 0 Å². The van der Waals surface area contributed by atoms with Crippen LogP contribution in [0, 0.1) is 56.7 Å². The molecule has 1 aliphatic carbocycles. The largest absolute Gasteiger partial charge is 0.305 e. The summed E-state index contributed by atoms with van der Waals surface area (Å²) >= 11 is 3.41. The predicted molar refractivity (Wildman–Crippen MR) is 96.4 cm³/mol. The van der Waals surface area contributed by atoms with Crippen molar-refractivity contribution in [3.63, 3.8) is 0 Å². The van der Waals surface area contributed by atoms with E-state index in [1.165, 1.54) is 0 Å². The van der Waals surface area contributed by atoms with E-state index in [1.807, 2.05) is 37.4 Å². The third-order valence-corrected chi connectivity index (χ3v) is 5.73. The van der Waals surface area contributed by atoms with Gasteiger partial charge in [-0.15, -0.1) is 0 Å². The van der Waals surface area contributed by atoms with Gasteiger partial charge >= 0.3 is 0 Å². The van der Waals surface area contributed by atoms with Gasteiger partial charge in [-0.3, -0.25) is 0 Å². The first kappa shape index (κ1) is 17.4. The Morgan fingerprint density at radius 1 is 1.20 bits per heavy atom. The van der Waals surface area contributed by atoms with Gasteiger partial charge in [0.05, 0.1) is 23.9 Å². The van der Waals surface area contributed by atoms with Crippen molar-refractivity contribution < 1.29 is 0 Å². The fourth-order valence-electron chi connectivity index (χ4n) is 4.00. The van der Waals surface area contributed by atoms with E-state index in [9.17, 15) is 15.8 Å². The van der Waals surface area contributed by atoms with Crippen molar-refractivity contribution in [1.82, 2.24) is 4.90 Å². The molecule has 1 N–H and O–H groups in total. The molecule has 3 rings (SSSR count). The van der Waals surface area contributed by atoms with E-state index < -0.39 is 17.3 Å². The summed E-state index contributed by atoms with van der Waals surface area (Å²) in [5, 5.41) is 37.9. The van der Waals surface area contributed by atoms with Crippen LogP contribution in [0.1, 0.15) is 11.5 Å². The topological polar surface area (TPSA) is 98.5 Å². The lowest BCUT2D eigenvalue weighted by Crippen LogP contribution is -2.52. The molecule has 1 aliphatic heterocycles. The molecule has 0 saturated heterocycles. The van der Waals surface area contributed by atoms with Crippen LogP contribution in [0.3, 0.4) is 0 Å². The standard InChI is InChI=1S/C19H16BrN5/c1-25-7-6-14-15(8-21)18(24)19(10-22,11-23)17(16(14)9-25)12-2-4-13(20)5-3-12/h2-6,15-17,24H,7,9H2,1H3/t15?,16-,17-/m1/s1. The number of hydrogen-bond acceptors (Lipinski definition) is 5. The fourth-order valence-corrected chi connectivity index (χ4v) is 4.26. The van der Waals surface area contributed by atoms with Gasteiger partial charge < -0.3 is 10.3 Å². The van der Waals surface area contributed by atoms with Gasteiger partial charge in [-0.2, -0.15) is 15.8 Å². The monoisotopic (exact) mass is 393 g/mol. The third kappa shape index (κ3) is 2.57. The molecule has 0 spiro atoms. The van der Waals surface area contributed by atoms with Crippen molar-refractivity contribution in [2.24, 2.45) is 17.3 Å². The van der Waals surface area contributed by atoms with E-state index in [1.54, 1.807) is 0 Å². The maximum atomic E-state index is 9.90. The summed E-state index contributed by atoms with van der Waals surface area (Å²) in [7, 11) is 1.98. The van der Waals surface area contributed by atoms with Gasteiger partial charge in [0.25, 0.3) is 0 Å². The maximum absolute atomic E-state index is 9.90. The van der Waals surface area contributed by atoms with Crippen molar-refractivity contribution in [2.45, 2.75) is 5.92 Å². The van der Waals surface area contributed by atoms with Gasteiger partial charge in [0, 0.05) is 29.4 Å². The number of nitriles is 3. The Labute approximate surface area is 155 Å². The van der Waals surface area contributed by atoms with Crippen molar-refractivity contribution in [3.8, 4) is 18.2 Å². The Kier molecular flexibility index (Phi) is 4.48. The molecule has 1 fully saturated rings. The highest BCUT2D eigenvalue weighted by Crippen LogP contribution is 2.53. The summed E-state index contributed by atoms with van der Waals surface area (Å²) in [6, 6.07) is 13.9. The van der Waals surface area contributed by atoms with Gasteiger partial charge in [-0.25, -0.2) is 0 Å². The number of nitrogens with one attached hydrogen (secondary N) is 1. The van der Waals surface area contributed by atoms with Crippen molar-refractivity contribution in [3.05, 3.63) is 46.0 Å². The summed E-state index contributed by atoms with van der Waals surface area (Å²) in [4.78, 5) is 2.11. The summed E-state index contributed by atoms with van der Waals surface area (Å²) in [5.74, 6) is -1.41. The number of nitrogens with zero attached hydrogens (tertiary/aromatic N) is 4. The lowest BCUT2D eigenvalue weighted by Gasteiger charge is -2.47. The van der Waals surface area contributed by atoms with Crippen LogP contribution in [-0.4, -0.2) is 30.7 Å². The summed E-state index contributed by atoms with van der Waals surface area (Å²) in [6.07, 6.45) is 1.99. The number of halogens is 1. The normalized spacial score (nSPS) is 28.0. The molecule has 0 bridgehead atoms. The molecule has 5 nitrogen and oxygen atoms in total. The first-order valence-corrected chi connectivity index (χ1v) is 8.72. The molecule has 3 atom stereocenters. The molecule has 1 heterocycles. The van der Waals surface area contributed by atoms with Crippen molar-refractivity contribution in [1.29, 1.82) is 21.2 Å². The van der Waals surface area contributed by atoms with Crippen LogP contribution in [0.4, 0.5) is 0 Å². The van der Waals surface area contributed by atoms with Crippen LogP contribution in [0.25, 0.3) is 0 Å². The average molecular weight is 394 g/mol. The van der Waals surface area contributed by atoms with Gasteiger partial charge in [0.15, 0.2) is 5.41 Å². The van der Waals surface area contributed by atoms with Crippen LogP contribution in [0.5, 0.6) is 0 Å². The maximum Gasteiger partial charge on any atom is 0.189 e. The zero-order chi connectivity index (χ0) is 18.2. The number of likely N-dealkylation sites (N-methyl/N-ethyl adjacent to an activating group) is 1. The molecule has 1 aromatic carbocycles. The highest BCUT2D eigenvalue weighted by molar-refractivity contribution is 9.10. The van der Waals surface area contributed by atoms with Gasteiger partial charge in [-0.05, 0) is 30.3 Å². The lowest BCUT2D eigenvalue weighted by atomic mass is 9.54. The van der Waals surface area contributed by atoms with Gasteiger partial charge in [0.1, 0.15) is 5.92 Å². The molecular weight excluding hydrogens is 378 g/mol. The molecule has 0 radical (unpaired) electrons. The van der Waals surface area contributed by atoms with E-state index in [0.29, 0.717) is 13.1 Å². The van der Waals surface area contributed by atoms with E-state index >= 15 is 0 Å². The zero-order valence-corrected chi connectivity index (χ0v) is 15.3. The molecule has 1 aromatic rings. The number of hydrogen-bond donors (Lipinski definition) is 1. The Bertz CT molecular complexity index is 851. The molecule has 1 unspecified atom stereocenters. The summed E-state index contributed by atoms with van der Waals surface area (Å²) < 4.78 is 0.910. The Morgan fingerprint density at radius 2 is 1.84 bits per heavy atom. The van der Waals surface area contributed by atoms with Gasteiger partial charge in [-0.1, -0.05) is 34.1 Å². The third-order valence-electron chi connectivity index (χ3n) is 5.20. The summed E-state index contributed by atoms with van der Waals surface area (Å²) in [6.45, 7) is 1.36. The van der Waals surface area contributed by atoms with Gasteiger partial charge in [0.2, 0.25) is 0 Å². The predicted octanol–water partition coefficient (Wildman–Crippen LogP) is 3.23. The van der Waals surface area contributed by atoms with Crippen LogP contribution >= 0.6 is 15.9 Å². The lowest BCUT2D eigenvalue weighted by molar-refractivity contribution is 0.235. The van der Waals surface area contributed by atoms with Crippen LogP contribution in [-0.2, 0) is 0 Å². The Balaban J connectivity index is 2.25. The van der Waals surface area contributed by atoms with Crippen molar-refractivity contribution >= 4 is 21.6 Å². The minimum absolute atomic E-state index is 0.0972. The Hall–Kier alpha value is -2.46. The number of benzene rings is 1. The van der Waals surface area contributed by atoms with Crippen LogP contribution < -0.4 is 0 Å². The molecule has 2 aliphatic rings. The second kappa shape index (κ2) is 6.45. The SMILES string of the molecule is CN1CC=C2C(C#N)C(=N)C(C#N)(C#N)[C@H](c3ccc(Br)cc3)[C@@H]2C1. The number of rotatable bonds is 1. The molecule has 6 heteroatoms. The van der Waals surface area contributed by atoms with E-state index in [-0.39, 0.29) is 11.6 Å². The summed E-state index contributed by atoms with van der Waals surface area (Å²) in [5.41, 5.74) is -0.00716. The minimum atomic E-state index is -1.63. The minimum Gasteiger partial charge on any atom is -0.305 e. The fraction of sp³-hybridized carbons (Fsp3) is 0.368. The zero-order valence-electron chi connectivity index (χ0n) is 13.7. The average Bonchev–Trinajstić information content (AvgIpc) is 2.62. The highest BCUT2D eigenvalue weighted by Gasteiger charge is 2.57. The molecule has 1 saturated carbocycles. The Morgan fingerprint density at radius 3 is 2.40 bits per heavy atom. The number of fused-ring (bicyclic) bond motifs is 1. The molecule has 124 valence electrons. The molecule has 0 amide bonds.